The van der Waals surface area contributed by atoms with Crippen molar-refractivity contribution < 1.29 is 4.74 Å². The standard InChI is InChI=1S/C12H11ClN4O/c13-10-5-9-12(8(6-14)16-10)15-7-17(9)11-3-1-2-4-18-11/h5,7,11H,1-4H2/t11-/m1/s1. The summed E-state index contributed by atoms with van der Waals surface area (Å²) in [5.74, 6) is 0. The first-order chi connectivity index (χ1) is 8.79. The largest absolute Gasteiger partial charge is 0.358 e. The molecule has 18 heavy (non-hydrogen) atoms. The van der Waals surface area contributed by atoms with Gasteiger partial charge in [-0.1, -0.05) is 11.6 Å². The average molecular weight is 263 g/mol. The topological polar surface area (TPSA) is 63.7 Å². The zero-order valence-electron chi connectivity index (χ0n) is 9.64. The minimum atomic E-state index is -0.0197. The molecule has 0 amide bonds. The van der Waals surface area contributed by atoms with Gasteiger partial charge in [0, 0.05) is 12.7 Å². The Balaban J connectivity index is 2.13. The average Bonchev–Trinajstić information content (AvgIpc) is 2.82. The summed E-state index contributed by atoms with van der Waals surface area (Å²) in [6.07, 6.45) is 4.85. The lowest BCUT2D eigenvalue weighted by Crippen LogP contribution is -2.17. The number of hydrogen-bond acceptors (Lipinski definition) is 4. The van der Waals surface area contributed by atoms with Crippen LogP contribution in [0, 0.1) is 11.3 Å². The summed E-state index contributed by atoms with van der Waals surface area (Å²) in [5, 5.41) is 9.33. The lowest BCUT2D eigenvalue weighted by molar-refractivity contribution is -0.0295. The summed E-state index contributed by atoms with van der Waals surface area (Å²) < 4.78 is 7.65. The molecule has 92 valence electrons. The molecule has 0 bridgehead atoms. The Morgan fingerprint density at radius 1 is 1.50 bits per heavy atom. The van der Waals surface area contributed by atoms with Crippen LogP contribution in [0.5, 0.6) is 0 Å². The Kier molecular flexibility index (Phi) is 2.90. The zero-order valence-corrected chi connectivity index (χ0v) is 10.4. The second-order valence-corrected chi connectivity index (χ2v) is 4.63. The number of aromatic nitrogens is 3. The smallest absolute Gasteiger partial charge is 0.170 e. The van der Waals surface area contributed by atoms with E-state index in [9.17, 15) is 0 Å². The summed E-state index contributed by atoms with van der Waals surface area (Å²) in [6, 6.07) is 3.74. The molecule has 1 aliphatic rings. The summed E-state index contributed by atoms with van der Waals surface area (Å²) >= 11 is 5.93. The molecule has 0 radical (unpaired) electrons. The molecular formula is C12H11ClN4O. The van der Waals surface area contributed by atoms with Crippen molar-refractivity contribution in [3.63, 3.8) is 0 Å². The van der Waals surface area contributed by atoms with Crippen molar-refractivity contribution >= 4 is 22.6 Å². The van der Waals surface area contributed by atoms with Gasteiger partial charge in [0.2, 0.25) is 0 Å². The Morgan fingerprint density at radius 3 is 3.11 bits per heavy atom. The Morgan fingerprint density at radius 2 is 2.39 bits per heavy atom. The molecule has 2 aromatic heterocycles. The summed E-state index contributed by atoms with van der Waals surface area (Å²) in [6.45, 7) is 0.758. The number of fused-ring (bicyclic) bond motifs is 1. The van der Waals surface area contributed by atoms with Gasteiger partial charge in [-0.3, -0.25) is 0 Å². The van der Waals surface area contributed by atoms with Crippen molar-refractivity contribution in [2.45, 2.75) is 25.5 Å². The van der Waals surface area contributed by atoms with Crippen molar-refractivity contribution in [1.29, 1.82) is 5.26 Å². The molecule has 5 nitrogen and oxygen atoms in total. The van der Waals surface area contributed by atoms with E-state index in [2.05, 4.69) is 9.97 Å². The Hall–Kier alpha value is -1.64. The summed E-state index contributed by atoms with van der Waals surface area (Å²) in [7, 11) is 0. The fraction of sp³-hybridized carbons (Fsp3) is 0.417. The van der Waals surface area contributed by atoms with E-state index in [1.54, 1.807) is 12.4 Å². The second kappa shape index (κ2) is 4.56. The van der Waals surface area contributed by atoms with Gasteiger partial charge in [-0.05, 0) is 19.3 Å². The molecule has 1 saturated heterocycles. The Bertz CT molecular complexity index is 625. The van der Waals surface area contributed by atoms with E-state index in [1.807, 2.05) is 10.6 Å². The number of pyridine rings is 1. The summed E-state index contributed by atoms with van der Waals surface area (Å²) in [5.41, 5.74) is 1.64. The first kappa shape index (κ1) is 11.5. The molecule has 1 aliphatic heterocycles. The maximum Gasteiger partial charge on any atom is 0.170 e. The van der Waals surface area contributed by atoms with Gasteiger partial charge in [-0.15, -0.1) is 0 Å². The predicted octanol–water partition coefficient (Wildman–Crippen LogP) is 2.66. The maximum atomic E-state index is 9.03. The van der Waals surface area contributed by atoms with E-state index in [0.29, 0.717) is 10.7 Å². The second-order valence-electron chi connectivity index (χ2n) is 4.25. The number of ether oxygens (including phenoxy) is 1. The highest BCUT2D eigenvalue weighted by Gasteiger charge is 2.19. The molecule has 0 aromatic carbocycles. The number of nitriles is 1. The predicted molar refractivity (Wildman–Crippen MR) is 66.1 cm³/mol. The highest BCUT2D eigenvalue weighted by Crippen LogP contribution is 2.28. The fourth-order valence-corrected chi connectivity index (χ4v) is 2.44. The van der Waals surface area contributed by atoms with Crippen LogP contribution in [0.15, 0.2) is 12.4 Å². The number of hydrogen-bond donors (Lipinski definition) is 0. The molecule has 2 aromatic rings. The van der Waals surface area contributed by atoms with Crippen LogP contribution >= 0.6 is 11.6 Å². The lowest BCUT2D eigenvalue weighted by Gasteiger charge is -2.24. The van der Waals surface area contributed by atoms with Crippen LogP contribution in [0.4, 0.5) is 0 Å². The van der Waals surface area contributed by atoms with Crippen molar-refractivity contribution in [3.05, 3.63) is 23.2 Å². The van der Waals surface area contributed by atoms with Gasteiger partial charge in [0.1, 0.15) is 23.0 Å². The minimum Gasteiger partial charge on any atom is -0.358 e. The molecular weight excluding hydrogens is 252 g/mol. The van der Waals surface area contributed by atoms with Gasteiger partial charge in [-0.2, -0.15) is 5.26 Å². The van der Waals surface area contributed by atoms with Crippen LogP contribution in [-0.2, 0) is 4.74 Å². The molecule has 6 heteroatoms. The minimum absolute atomic E-state index is 0.0197. The number of rotatable bonds is 1. The van der Waals surface area contributed by atoms with Crippen molar-refractivity contribution in [2.24, 2.45) is 0 Å². The third-order valence-corrected chi connectivity index (χ3v) is 3.30. The molecule has 0 spiro atoms. The van der Waals surface area contributed by atoms with E-state index < -0.39 is 0 Å². The molecule has 1 atom stereocenters. The highest BCUT2D eigenvalue weighted by atomic mass is 35.5. The first-order valence-electron chi connectivity index (χ1n) is 5.84. The molecule has 3 rings (SSSR count). The molecule has 0 saturated carbocycles. The molecule has 0 unspecified atom stereocenters. The van der Waals surface area contributed by atoms with E-state index >= 15 is 0 Å². The number of nitrogens with zero attached hydrogens (tertiary/aromatic N) is 4. The molecule has 3 heterocycles. The summed E-state index contributed by atoms with van der Waals surface area (Å²) in [4.78, 5) is 8.21. The van der Waals surface area contributed by atoms with Gasteiger partial charge >= 0.3 is 0 Å². The third-order valence-electron chi connectivity index (χ3n) is 3.10. The highest BCUT2D eigenvalue weighted by molar-refractivity contribution is 6.30. The van der Waals surface area contributed by atoms with Crippen LogP contribution in [0.25, 0.3) is 11.0 Å². The zero-order chi connectivity index (χ0) is 12.5. The lowest BCUT2D eigenvalue weighted by atomic mass is 10.2. The van der Waals surface area contributed by atoms with Crippen LogP contribution in [0.1, 0.15) is 31.2 Å². The quantitative estimate of drug-likeness (QED) is 0.741. The Labute approximate surface area is 109 Å². The van der Waals surface area contributed by atoms with Gasteiger partial charge in [0.15, 0.2) is 5.69 Å². The van der Waals surface area contributed by atoms with Crippen molar-refractivity contribution in [2.75, 3.05) is 6.61 Å². The SMILES string of the molecule is N#Cc1nc(Cl)cc2c1ncn2[C@H]1CCCCO1. The van der Waals surface area contributed by atoms with Gasteiger partial charge < -0.3 is 9.30 Å². The van der Waals surface area contributed by atoms with Gasteiger partial charge in [-0.25, -0.2) is 9.97 Å². The monoisotopic (exact) mass is 262 g/mol. The number of halogens is 1. The van der Waals surface area contributed by atoms with Crippen LogP contribution < -0.4 is 0 Å². The number of imidazole rings is 1. The maximum absolute atomic E-state index is 9.03. The molecule has 0 aliphatic carbocycles. The van der Waals surface area contributed by atoms with Crippen molar-refractivity contribution in [3.8, 4) is 6.07 Å². The van der Waals surface area contributed by atoms with Crippen LogP contribution in [0.3, 0.4) is 0 Å². The van der Waals surface area contributed by atoms with Gasteiger partial charge in [0.25, 0.3) is 0 Å². The third kappa shape index (κ3) is 1.84. The van der Waals surface area contributed by atoms with E-state index in [4.69, 9.17) is 21.6 Å². The normalized spacial score (nSPS) is 19.9. The molecule has 1 fully saturated rings. The van der Waals surface area contributed by atoms with Crippen molar-refractivity contribution in [1.82, 2.24) is 14.5 Å². The van der Waals surface area contributed by atoms with E-state index in [0.717, 1.165) is 31.4 Å². The first-order valence-corrected chi connectivity index (χ1v) is 6.22. The fourth-order valence-electron chi connectivity index (χ4n) is 2.25. The van der Waals surface area contributed by atoms with Gasteiger partial charge in [0.05, 0.1) is 11.8 Å². The van der Waals surface area contributed by atoms with Crippen LogP contribution in [-0.4, -0.2) is 21.1 Å². The molecule has 0 N–H and O–H groups in total. The van der Waals surface area contributed by atoms with E-state index in [-0.39, 0.29) is 11.9 Å². The van der Waals surface area contributed by atoms with Crippen LogP contribution in [0.2, 0.25) is 5.15 Å². The van der Waals surface area contributed by atoms with E-state index in [1.165, 1.54) is 0 Å².